The summed E-state index contributed by atoms with van der Waals surface area (Å²) >= 11 is 0. The van der Waals surface area contributed by atoms with E-state index in [1.807, 2.05) is 42.5 Å². The van der Waals surface area contributed by atoms with Crippen molar-refractivity contribution in [3.8, 4) is 11.8 Å². The van der Waals surface area contributed by atoms with Crippen LogP contribution >= 0.6 is 0 Å². The van der Waals surface area contributed by atoms with Crippen LogP contribution in [0.5, 0.6) is 11.8 Å². The fraction of sp³-hybridized carbons (Fsp3) is 0. The number of rotatable bonds is 2. The molecule has 0 unspecified atom stereocenters. The van der Waals surface area contributed by atoms with Gasteiger partial charge in [0, 0.05) is 5.39 Å². The summed E-state index contributed by atoms with van der Waals surface area (Å²) in [6.45, 7) is 0. The standard InChI is InChI=1S/C13H9N3O/c1-2-6-11-10(4-1)5-3-7-12(11)17-13-15-8-14-9-16-13/h1-9H. The minimum Gasteiger partial charge on any atom is -0.424 e. The van der Waals surface area contributed by atoms with Gasteiger partial charge in [0.25, 0.3) is 0 Å². The van der Waals surface area contributed by atoms with Gasteiger partial charge in [0.2, 0.25) is 0 Å². The summed E-state index contributed by atoms with van der Waals surface area (Å²) < 4.78 is 5.63. The Morgan fingerprint density at radius 3 is 2.47 bits per heavy atom. The minimum atomic E-state index is 0.302. The highest BCUT2D eigenvalue weighted by Crippen LogP contribution is 2.27. The Balaban J connectivity index is 2.06. The minimum absolute atomic E-state index is 0.302. The van der Waals surface area contributed by atoms with Crippen LogP contribution in [0.3, 0.4) is 0 Å². The molecule has 3 rings (SSSR count). The Morgan fingerprint density at radius 1 is 0.824 bits per heavy atom. The number of benzene rings is 2. The quantitative estimate of drug-likeness (QED) is 0.670. The molecule has 1 heterocycles. The number of fused-ring (bicyclic) bond motifs is 1. The zero-order valence-corrected chi connectivity index (χ0v) is 8.95. The number of aromatic nitrogens is 3. The molecule has 0 N–H and O–H groups in total. The summed E-state index contributed by atoms with van der Waals surface area (Å²) in [6.07, 6.45) is 2.82. The Labute approximate surface area is 97.9 Å². The lowest BCUT2D eigenvalue weighted by Crippen LogP contribution is -1.92. The molecule has 1 aromatic heterocycles. The molecule has 0 spiro atoms. The molecule has 0 amide bonds. The van der Waals surface area contributed by atoms with Crippen LogP contribution in [0, 0.1) is 0 Å². The van der Waals surface area contributed by atoms with Crippen LogP contribution in [-0.2, 0) is 0 Å². The average molecular weight is 223 g/mol. The average Bonchev–Trinajstić information content (AvgIpc) is 2.40. The molecule has 4 heteroatoms. The largest absolute Gasteiger partial charge is 0.424 e. The summed E-state index contributed by atoms with van der Waals surface area (Å²) in [5.74, 6) is 0.745. The number of nitrogens with zero attached hydrogens (tertiary/aromatic N) is 3. The molecule has 0 saturated carbocycles. The van der Waals surface area contributed by atoms with E-state index in [2.05, 4.69) is 15.0 Å². The van der Waals surface area contributed by atoms with Crippen LogP contribution in [0.25, 0.3) is 10.8 Å². The molecule has 0 aliphatic carbocycles. The molecule has 0 aliphatic heterocycles. The Bertz CT molecular complexity index is 635. The second-order valence-corrected chi connectivity index (χ2v) is 3.50. The van der Waals surface area contributed by atoms with Crippen molar-refractivity contribution in [3.63, 3.8) is 0 Å². The van der Waals surface area contributed by atoms with Crippen molar-refractivity contribution >= 4 is 10.8 Å². The summed E-state index contributed by atoms with van der Waals surface area (Å²) in [7, 11) is 0. The molecule has 82 valence electrons. The van der Waals surface area contributed by atoms with Crippen molar-refractivity contribution in [1.82, 2.24) is 15.0 Å². The highest BCUT2D eigenvalue weighted by molar-refractivity contribution is 5.88. The van der Waals surface area contributed by atoms with E-state index in [4.69, 9.17) is 4.74 Å². The van der Waals surface area contributed by atoms with Crippen LogP contribution < -0.4 is 4.74 Å². The normalized spacial score (nSPS) is 10.4. The molecular weight excluding hydrogens is 214 g/mol. The zero-order chi connectivity index (χ0) is 11.5. The van der Waals surface area contributed by atoms with E-state index in [9.17, 15) is 0 Å². The van der Waals surface area contributed by atoms with Crippen LogP contribution in [-0.4, -0.2) is 15.0 Å². The van der Waals surface area contributed by atoms with Crippen LogP contribution in [0.15, 0.2) is 55.1 Å². The van der Waals surface area contributed by atoms with E-state index in [-0.39, 0.29) is 0 Å². The number of hydrogen-bond acceptors (Lipinski definition) is 4. The van der Waals surface area contributed by atoms with Crippen LogP contribution in [0.4, 0.5) is 0 Å². The van der Waals surface area contributed by atoms with Gasteiger partial charge < -0.3 is 4.74 Å². The molecule has 0 saturated heterocycles. The Hall–Kier alpha value is -2.49. The van der Waals surface area contributed by atoms with Gasteiger partial charge in [-0.3, -0.25) is 0 Å². The first-order valence-corrected chi connectivity index (χ1v) is 5.21. The predicted molar refractivity (Wildman–Crippen MR) is 63.8 cm³/mol. The van der Waals surface area contributed by atoms with Crippen molar-refractivity contribution in [3.05, 3.63) is 55.1 Å². The van der Waals surface area contributed by atoms with Gasteiger partial charge in [0.15, 0.2) is 0 Å². The molecule has 4 nitrogen and oxygen atoms in total. The Morgan fingerprint density at radius 2 is 1.59 bits per heavy atom. The monoisotopic (exact) mass is 223 g/mol. The van der Waals surface area contributed by atoms with Crippen molar-refractivity contribution in [2.24, 2.45) is 0 Å². The maximum atomic E-state index is 5.63. The molecule has 0 fully saturated rings. The SMILES string of the molecule is c1ccc2c(Oc3ncncn3)cccc2c1. The van der Waals surface area contributed by atoms with Gasteiger partial charge in [0.05, 0.1) is 0 Å². The molecule has 0 atom stereocenters. The molecule has 17 heavy (non-hydrogen) atoms. The van der Waals surface area contributed by atoms with Crippen LogP contribution in [0.1, 0.15) is 0 Å². The lowest BCUT2D eigenvalue weighted by Gasteiger charge is -2.06. The molecule has 3 aromatic rings. The first-order chi connectivity index (χ1) is 8.43. The van der Waals surface area contributed by atoms with Crippen molar-refractivity contribution < 1.29 is 4.74 Å². The van der Waals surface area contributed by atoms with Gasteiger partial charge in [0.1, 0.15) is 18.4 Å². The zero-order valence-electron chi connectivity index (χ0n) is 8.95. The topological polar surface area (TPSA) is 47.9 Å². The van der Waals surface area contributed by atoms with Crippen molar-refractivity contribution in [1.29, 1.82) is 0 Å². The van der Waals surface area contributed by atoms with Crippen molar-refractivity contribution in [2.45, 2.75) is 0 Å². The summed E-state index contributed by atoms with van der Waals surface area (Å²) in [5.41, 5.74) is 0. The maximum Gasteiger partial charge on any atom is 0.324 e. The lowest BCUT2D eigenvalue weighted by atomic mass is 10.1. The highest BCUT2D eigenvalue weighted by Gasteiger charge is 2.03. The van der Waals surface area contributed by atoms with E-state index >= 15 is 0 Å². The van der Waals surface area contributed by atoms with E-state index in [0.29, 0.717) is 6.01 Å². The Kier molecular flexibility index (Phi) is 2.38. The molecule has 0 bridgehead atoms. The summed E-state index contributed by atoms with van der Waals surface area (Å²) in [5, 5.41) is 2.16. The highest BCUT2D eigenvalue weighted by atomic mass is 16.5. The smallest absolute Gasteiger partial charge is 0.324 e. The van der Waals surface area contributed by atoms with Gasteiger partial charge in [-0.2, -0.15) is 9.97 Å². The predicted octanol–water partition coefficient (Wildman–Crippen LogP) is 2.82. The van der Waals surface area contributed by atoms with E-state index in [1.54, 1.807) is 0 Å². The van der Waals surface area contributed by atoms with E-state index in [0.717, 1.165) is 16.5 Å². The molecular formula is C13H9N3O. The van der Waals surface area contributed by atoms with Gasteiger partial charge in [-0.1, -0.05) is 36.4 Å². The van der Waals surface area contributed by atoms with Gasteiger partial charge in [-0.05, 0) is 11.5 Å². The molecule has 0 aliphatic rings. The fourth-order valence-corrected chi connectivity index (χ4v) is 1.66. The van der Waals surface area contributed by atoms with Gasteiger partial charge in [-0.15, -0.1) is 0 Å². The van der Waals surface area contributed by atoms with E-state index < -0.39 is 0 Å². The number of hydrogen-bond donors (Lipinski definition) is 0. The first kappa shape index (κ1) is 9.72. The van der Waals surface area contributed by atoms with Crippen LogP contribution in [0.2, 0.25) is 0 Å². The second kappa shape index (κ2) is 4.17. The fourth-order valence-electron chi connectivity index (χ4n) is 1.66. The van der Waals surface area contributed by atoms with Gasteiger partial charge in [-0.25, -0.2) is 4.98 Å². The maximum absolute atomic E-state index is 5.63. The van der Waals surface area contributed by atoms with E-state index in [1.165, 1.54) is 12.7 Å². The third kappa shape index (κ3) is 1.92. The van der Waals surface area contributed by atoms with Crippen molar-refractivity contribution in [2.75, 3.05) is 0 Å². The summed E-state index contributed by atoms with van der Waals surface area (Å²) in [6, 6.07) is 14.2. The first-order valence-electron chi connectivity index (χ1n) is 5.21. The second-order valence-electron chi connectivity index (χ2n) is 3.50. The van der Waals surface area contributed by atoms with Gasteiger partial charge >= 0.3 is 6.01 Å². The number of ether oxygens (including phenoxy) is 1. The summed E-state index contributed by atoms with van der Waals surface area (Å²) in [4.78, 5) is 11.6. The lowest BCUT2D eigenvalue weighted by molar-refractivity contribution is 0.444. The molecule has 2 aromatic carbocycles. The third-order valence-electron chi connectivity index (χ3n) is 2.42. The third-order valence-corrected chi connectivity index (χ3v) is 2.42. The molecule has 0 radical (unpaired) electrons.